The zero-order chi connectivity index (χ0) is 20.0. The lowest BCUT2D eigenvalue weighted by atomic mass is 9.89. The number of benzene rings is 1. The molecular formula is C21H22N4O3S. The number of aryl methyl sites for hydroxylation is 1. The highest BCUT2D eigenvalue weighted by atomic mass is 32.1. The molecule has 2 aliphatic rings. The molecule has 1 aliphatic heterocycles. The number of hydrogen-bond donors (Lipinski definition) is 1. The molecule has 150 valence electrons. The number of thiophene rings is 1. The Hall–Kier alpha value is -2.71. The molecule has 0 spiro atoms. The summed E-state index contributed by atoms with van der Waals surface area (Å²) in [5.41, 5.74) is 11.0. The van der Waals surface area contributed by atoms with Crippen molar-refractivity contribution in [3.8, 4) is 10.4 Å². The van der Waals surface area contributed by atoms with Gasteiger partial charge in [0.25, 0.3) is 5.69 Å². The van der Waals surface area contributed by atoms with Crippen LogP contribution in [0.15, 0.2) is 24.3 Å². The van der Waals surface area contributed by atoms with E-state index in [1.807, 2.05) is 0 Å². The predicted molar refractivity (Wildman–Crippen MR) is 116 cm³/mol. The quantitative estimate of drug-likeness (QED) is 0.514. The van der Waals surface area contributed by atoms with Gasteiger partial charge in [0.05, 0.1) is 28.7 Å². The lowest BCUT2D eigenvalue weighted by molar-refractivity contribution is -0.384. The molecule has 0 amide bonds. The van der Waals surface area contributed by atoms with Crippen molar-refractivity contribution in [3.63, 3.8) is 0 Å². The molecule has 0 atom stereocenters. The third kappa shape index (κ3) is 3.12. The number of nitro benzene ring substituents is 1. The van der Waals surface area contributed by atoms with Crippen LogP contribution in [0.3, 0.4) is 0 Å². The first-order valence-electron chi connectivity index (χ1n) is 9.94. The summed E-state index contributed by atoms with van der Waals surface area (Å²) in [7, 11) is 0. The van der Waals surface area contributed by atoms with Crippen LogP contribution in [0, 0.1) is 10.1 Å². The van der Waals surface area contributed by atoms with Gasteiger partial charge < -0.3 is 15.4 Å². The molecule has 3 aromatic rings. The summed E-state index contributed by atoms with van der Waals surface area (Å²) in [6.07, 6.45) is 4.40. The second kappa shape index (κ2) is 7.27. The molecule has 1 aliphatic carbocycles. The Bertz CT molecular complexity index is 1090. The number of nitrogens with two attached hydrogens (primary N) is 1. The highest BCUT2D eigenvalue weighted by Crippen LogP contribution is 2.46. The number of nitrogen functional groups attached to an aromatic ring is 1. The van der Waals surface area contributed by atoms with Gasteiger partial charge in [-0.2, -0.15) is 0 Å². The first-order chi connectivity index (χ1) is 14.1. The molecule has 3 heterocycles. The summed E-state index contributed by atoms with van der Waals surface area (Å²) in [6, 6.07) is 6.60. The minimum absolute atomic E-state index is 0.0820. The second-order valence-electron chi connectivity index (χ2n) is 7.53. The van der Waals surface area contributed by atoms with E-state index in [4.69, 9.17) is 15.5 Å². The summed E-state index contributed by atoms with van der Waals surface area (Å²) in [4.78, 5) is 19.9. The molecular weight excluding hydrogens is 388 g/mol. The Morgan fingerprint density at radius 3 is 2.48 bits per heavy atom. The summed E-state index contributed by atoms with van der Waals surface area (Å²) < 4.78 is 5.53. The van der Waals surface area contributed by atoms with Gasteiger partial charge in [-0.1, -0.05) is 0 Å². The number of pyridine rings is 1. The minimum Gasteiger partial charge on any atom is -0.397 e. The van der Waals surface area contributed by atoms with E-state index in [1.54, 1.807) is 23.5 Å². The lowest BCUT2D eigenvalue weighted by Crippen LogP contribution is -2.37. The summed E-state index contributed by atoms with van der Waals surface area (Å²) >= 11 is 1.58. The monoisotopic (exact) mass is 410 g/mol. The van der Waals surface area contributed by atoms with Crippen LogP contribution in [0.5, 0.6) is 0 Å². The standard InChI is InChI=1S/C21H22N4O3S/c22-18-17-15-3-1-2-4-16(15)20(24-9-11-28-12-10-24)23-21(17)29-19(18)13-5-7-14(8-6-13)25(26)27/h5-8H,1-4,9-12,22H2. The van der Waals surface area contributed by atoms with Crippen molar-refractivity contribution >= 4 is 38.7 Å². The third-order valence-corrected chi connectivity index (χ3v) is 6.97. The molecule has 29 heavy (non-hydrogen) atoms. The van der Waals surface area contributed by atoms with E-state index < -0.39 is 0 Å². The molecule has 8 heteroatoms. The molecule has 0 saturated carbocycles. The normalized spacial score (nSPS) is 16.8. The highest BCUT2D eigenvalue weighted by Gasteiger charge is 2.26. The van der Waals surface area contributed by atoms with Crippen LogP contribution in [0.2, 0.25) is 0 Å². The number of nitrogens with zero attached hydrogens (tertiary/aromatic N) is 3. The van der Waals surface area contributed by atoms with Crippen LogP contribution in [0.4, 0.5) is 17.2 Å². The van der Waals surface area contributed by atoms with E-state index in [0.29, 0.717) is 0 Å². The fraction of sp³-hybridized carbons (Fsp3) is 0.381. The maximum absolute atomic E-state index is 11.0. The maximum atomic E-state index is 11.0. The van der Waals surface area contributed by atoms with Gasteiger partial charge in [0.2, 0.25) is 0 Å². The van der Waals surface area contributed by atoms with E-state index in [-0.39, 0.29) is 10.6 Å². The first kappa shape index (κ1) is 18.3. The van der Waals surface area contributed by atoms with Crippen LogP contribution in [-0.4, -0.2) is 36.2 Å². The number of non-ortho nitro benzene ring substituents is 1. The average Bonchev–Trinajstić information content (AvgIpc) is 3.10. The SMILES string of the molecule is Nc1c(-c2ccc([N+](=O)[O-])cc2)sc2nc(N3CCOCC3)c3c(c12)CCCC3. The van der Waals surface area contributed by atoms with Crippen LogP contribution in [0.1, 0.15) is 24.0 Å². The molecule has 5 rings (SSSR count). The van der Waals surface area contributed by atoms with Crippen molar-refractivity contribution < 1.29 is 9.66 Å². The van der Waals surface area contributed by atoms with Gasteiger partial charge in [-0.15, -0.1) is 11.3 Å². The van der Waals surface area contributed by atoms with E-state index >= 15 is 0 Å². The van der Waals surface area contributed by atoms with Crippen molar-refractivity contribution in [2.45, 2.75) is 25.7 Å². The molecule has 1 saturated heterocycles. The molecule has 0 radical (unpaired) electrons. The predicted octanol–water partition coefficient (Wildman–Crippen LogP) is 4.17. The van der Waals surface area contributed by atoms with Gasteiger partial charge >= 0.3 is 0 Å². The van der Waals surface area contributed by atoms with E-state index in [1.165, 1.54) is 29.7 Å². The fourth-order valence-electron chi connectivity index (χ4n) is 4.38. The number of ether oxygens (including phenoxy) is 1. The zero-order valence-corrected chi connectivity index (χ0v) is 16.8. The smallest absolute Gasteiger partial charge is 0.269 e. The molecule has 1 aromatic carbocycles. The third-order valence-electron chi connectivity index (χ3n) is 5.82. The van der Waals surface area contributed by atoms with Gasteiger partial charge in [0.1, 0.15) is 10.6 Å². The van der Waals surface area contributed by atoms with E-state index in [2.05, 4.69) is 4.90 Å². The average molecular weight is 410 g/mol. The molecule has 7 nitrogen and oxygen atoms in total. The minimum atomic E-state index is -0.384. The van der Waals surface area contributed by atoms with Crippen molar-refractivity contribution in [1.82, 2.24) is 4.98 Å². The van der Waals surface area contributed by atoms with Gasteiger partial charge in [-0.25, -0.2) is 4.98 Å². The number of rotatable bonds is 3. The van der Waals surface area contributed by atoms with Crippen LogP contribution in [-0.2, 0) is 17.6 Å². The van der Waals surface area contributed by atoms with E-state index in [9.17, 15) is 10.1 Å². The van der Waals surface area contributed by atoms with Crippen LogP contribution in [0.25, 0.3) is 20.7 Å². The van der Waals surface area contributed by atoms with Gasteiger partial charge in [-0.3, -0.25) is 10.1 Å². The van der Waals surface area contributed by atoms with Gasteiger partial charge in [-0.05, 0) is 54.5 Å². The summed E-state index contributed by atoms with van der Waals surface area (Å²) in [5, 5.41) is 12.0. The Morgan fingerprint density at radius 1 is 1.10 bits per heavy atom. The Kier molecular flexibility index (Phi) is 4.60. The zero-order valence-electron chi connectivity index (χ0n) is 16.0. The number of aromatic nitrogens is 1. The van der Waals surface area contributed by atoms with Crippen molar-refractivity contribution in [2.24, 2.45) is 0 Å². The highest BCUT2D eigenvalue weighted by molar-refractivity contribution is 7.22. The van der Waals surface area contributed by atoms with Crippen LogP contribution < -0.4 is 10.6 Å². The Labute approximate surface area is 172 Å². The largest absolute Gasteiger partial charge is 0.397 e. The second-order valence-corrected chi connectivity index (χ2v) is 8.53. The number of hydrogen-bond acceptors (Lipinski definition) is 7. The molecule has 1 fully saturated rings. The Morgan fingerprint density at radius 2 is 1.79 bits per heavy atom. The molecule has 0 unspecified atom stereocenters. The Balaban J connectivity index is 1.66. The van der Waals surface area contributed by atoms with Crippen LogP contribution >= 0.6 is 11.3 Å². The van der Waals surface area contributed by atoms with Crippen molar-refractivity contribution in [3.05, 3.63) is 45.5 Å². The topological polar surface area (TPSA) is 94.5 Å². The number of morpholine rings is 1. The fourth-order valence-corrected chi connectivity index (χ4v) is 5.51. The molecule has 2 N–H and O–H groups in total. The number of fused-ring (bicyclic) bond motifs is 3. The summed E-state index contributed by atoms with van der Waals surface area (Å²) in [6.45, 7) is 3.19. The van der Waals surface area contributed by atoms with Gasteiger partial charge in [0, 0.05) is 30.6 Å². The molecule has 2 aromatic heterocycles. The summed E-state index contributed by atoms with van der Waals surface area (Å²) in [5.74, 6) is 1.09. The maximum Gasteiger partial charge on any atom is 0.269 e. The number of nitro groups is 1. The van der Waals surface area contributed by atoms with Gasteiger partial charge in [0.15, 0.2) is 0 Å². The van der Waals surface area contributed by atoms with Crippen molar-refractivity contribution in [2.75, 3.05) is 36.9 Å². The van der Waals surface area contributed by atoms with Crippen molar-refractivity contribution in [1.29, 1.82) is 0 Å². The van der Waals surface area contributed by atoms with E-state index in [0.717, 1.165) is 77.7 Å². The lowest BCUT2D eigenvalue weighted by Gasteiger charge is -2.31. The first-order valence-corrected chi connectivity index (χ1v) is 10.8. The molecule has 0 bridgehead atoms. The number of anilines is 2.